The Morgan fingerprint density at radius 2 is 1.81 bits per heavy atom. The molecule has 1 aliphatic heterocycles. The fourth-order valence-corrected chi connectivity index (χ4v) is 3.31. The van der Waals surface area contributed by atoms with Crippen molar-refractivity contribution in [3.63, 3.8) is 0 Å². The Morgan fingerprint density at radius 3 is 2.71 bits per heavy atom. The minimum absolute atomic E-state index is 1.01. The first-order chi connectivity index (χ1) is 10.4. The number of nitrogens with one attached hydrogen (secondary N) is 1. The molecule has 0 saturated heterocycles. The van der Waals surface area contributed by atoms with E-state index in [2.05, 4.69) is 34.1 Å². The third-order valence-electron chi connectivity index (χ3n) is 4.70. The SMILES string of the molecule is CN1CCC[N+](/C2=C/CCCCCCCC2)=C\CNCC1. The van der Waals surface area contributed by atoms with Gasteiger partial charge >= 0.3 is 0 Å². The van der Waals surface area contributed by atoms with Crippen molar-refractivity contribution in [3.05, 3.63) is 11.8 Å². The lowest BCUT2D eigenvalue weighted by atomic mass is 10.0. The standard InChI is InChI=1S/C18H34N3/c1-20-14-9-15-21(17-13-19-12-16-20)18-10-7-5-3-2-4-6-8-11-18/h10,17,19H,2-9,11-16H2,1H3/q+1/b18-10+,21-17+. The van der Waals surface area contributed by atoms with Crippen LogP contribution in [-0.2, 0) is 0 Å². The Kier molecular flexibility index (Phi) is 8.05. The molecule has 3 heteroatoms. The van der Waals surface area contributed by atoms with Crippen molar-refractivity contribution in [1.82, 2.24) is 10.2 Å². The molecule has 0 spiro atoms. The summed E-state index contributed by atoms with van der Waals surface area (Å²) in [4.78, 5) is 2.44. The molecule has 2 rings (SSSR count). The van der Waals surface area contributed by atoms with Gasteiger partial charge in [0.25, 0.3) is 0 Å². The van der Waals surface area contributed by atoms with E-state index >= 15 is 0 Å². The van der Waals surface area contributed by atoms with Crippen molar-refractivity contribution in [3.8, 4) is 0 Å². The fraction of sp³-hybridized carbons (Fsp3) is 0.833. The molecule has 0 atom stereocenters. The highest BCUT2D eigenvalue weighted by molar-refractivity contribution is 5.54. The number of allylic oxidation sites excluding steroid dienone is 2. The number of rotatable bonds is 1. The summed E-state index contributed by atoms with van der Waals surface area (Å²) < 4.78 is 2.55. The predicted octanol–water partition coefficient (Wildman–Crippen LogP) is 3.01. The molecule has 0 radical (unpaired) electrons. The van der Waals surface area contributed by atoms with Gasteiger partial charge in [0.05, 0.1) is 6.54 Å². The first-order valence-electron chi connectivity index (χ1n) is 9.04. The zero-order valence-corrected chi connectivity index (χ0v) is 13.9. The Bertz CT molecular complexity index is 346. The van der Waals surface area contributed by atoms with Crippen LogP contribution in [0, 0.1) is 0 Å². The van der Waals surface area contributed by atoms with E-state index in [1.54, 1.807) is 5.70 Å². The van der Waals surface area contributed by atoms with Crippen LogP contribution in [0.4, 0.5) is 0 Å². The zero-order chi connectivity index (χ0) is 14.8. The quantitative estimate of drug-likeness (QED) is 0.749. The molecule has 0 saturated carbocycles. The van der Waals surface area contributed by atoms with E-state index in [-0.39, 0.29) is 0 Å². The minimum Gasteiger partial charge on any atom is -0.307 e. The van der Waals surface area contributed by atoms with Gasteiger partial charge in [-0.2, -0.15) is 0 Å². The van der Waals surface area contributed by atoms with Crippen LogP contribution in [0.15, 0.2) is 11.8 Å². The Labute approximate surface area is 131 Å². The Balaban J connectivity index is 1.99. The summed E-state index contributed by atoms with van der Waals surface area (Å²) in [7, 11) is 2.24. The van der Waals surface area contributed by atoms with Gasteiger partial charge < -0.3 is 10.2 Å². The second kappa shape index (κ2) is 10.1. The van der Waals surface area contributed by atoms with Crippen molar-refractivity contribution in [1.29, 1.82) is 0 Å². The number of nitrogens with zero attached hydrogens (tertiary/aromatic N) is 2. The average Bonchev–Trinajstić information content (AvgIpc) is 2.51. The van der Waals surface area contributed by atoms with Crippen molar-refractivity contribution in [2.45, 2.75) is 57.8 Å². The highest BCUT2D eigenvalue weighted by Gasteiger charge is 2.14. The molecule has 21 heavy (non-hydrogen) atoms. The van der Waals surface area contributed by atoms with Gasteiger partial charge in [-0.15, -0.1) is 0 Å². The van der Waals surface area contributed by atoms with E-state index in [9.17, 15) is 0 Å². The van der Waals surface area contributed by atoms with Gasteiger partial charge in [-0.1, -0.05) is 25.7 Å². The van der Waals surface area contributed by atoms with Crippen molar-refractivity contribution in [2.75, 3.05) is 39.8 Å². The number of likely N-dealkylation sites (N-methyl/N-ethyl adjacent to an activating group) is 1. The Morgan fingerprint density at radius 1 is 1.00 bits per heavy atom. The van der Waals surface area contributed by atoms with E-state index in [1.807, 2.05) is 0 Å². The molecule has 120 valence electrons. The molecule has 1 heterocycles. The van der Waals surface area contributed by atoms with Gasteiger partial charge in [0.15, 0.2) is 11.9 Å². The third kappa shape index (κ3) is 6.75. The lowest BCUT2D eigenvalue weighted by molar-refractivity contribution is -0.477. The van der Waals surface area contributed by atoms with Crippen molar-refractivity contribution < 1.29 is 4.58 Å². The third-order valence-corrected chi connectivity index (χ3v) is 4.70. The Hall–Kier alpha value is -0.670. The van der Waals surface area contributed by atoms with Gasteiger partial charge in [0.2, 0.25) is 0 Å². The summed E-state index contributed by atoms with van der Waals surface area (Å²) in [5, 5.41) is 3.54. The molecule has 2 aliphatic rings. The first-order valence-corrected chi connectivity index (χ1v) is 9.04. The van der Waals surface area contributed by atoms with Crippen LogP contribution in [0.2, 0.25) is 0 Å². The van der Waals surface area contributed by atoms with Crippen LogP contribution >= 0.6 is 0 Å². The molecule has 0 unspecified atom stereocenters. The molecule has 1 N–H and O–H groups in total. The summed E-state index contributed by atoms with van der Waals surface area (Å²) in [6, 6.07) is 0. The van der Waals surface area contributed by atoms with Gasteiger partial charge in [-0.05, 0) is 32.4 Å². The molecule has 0 aromatic heterocycles. The van der Waals surface area contributed by atoms with Gasteiger partial charge in [0.1, 0.15) is 6.54 Å². The van der Waals surface area contributed by atoms with E-state index < -0.39 is 0 Å². The normalized spacial score (nSPS) is 29.8. The largest absolute Gasteiger partial charge is 0.307 e. The number of hydrogen-bond acceptors (Lipinski definition) is 2. The van der Waals surface area contributed by atoms with Crippen LogP contribution in [0.1, 0.15) is 57.8 Å². The van der Waals surface area contributed by atoms with E-state index in [0.717, 1.165) is 19.6 Å². The summed E-state index contributed by atoms with van der Waals surface area (Å²) in [5.74, 6) is 0. The van der Waals surface area contributed by atoms with Crippen molar-refractivity contribution in [2.24, 2.45) is 0 Å². The first kappa shape index (κ1) is 16.7. The van der Waals surface area contributed by atoms with Gasteiger partial charge in [-0.25, -0.2) is 4.58 Å². The van der Waals surface area contributed by atoms with Crippen LogP contribution in [-0.4, -0.2) is 55.5 Å². The maximum Gasteiger partial charge on any atom is 0.177 e. The molecule has 1 aliphatic carbocycles. The monoisotopic (exact) mass is 292 g/mol. The number of hydrogen-bond donors (Lipinski definition) is 1. The average molecular weight is 292 g/mol. The van der Waals surface area contributed by atoms with Crippen LogP contribution in [0.25, 0.3) is 0 Å². The molecule has 0 amide bonds. The van der Waals surface area contributed by atoms with E-state index in [4.69, 9.17) is 0 Å². The van der Waals surface area contributed by atoms with Gasteiger partial charge in [0, 0.05) is 32.5 Å². The molecule has 0 bridgehead atoms. The molecule has 0 fully saturated rings. The van der Waals surface area contributed by atoms with E-state index in [1.165, 1.54) is 70.9 Å². The smallest absolute Gasteiger partial charge is 0.177 e. The maximum atomic E-state index is 3.54. The molecule has 3 nitrogen and oxygen atoms in total. The molecule has 0 aromatic carbocycles. The summed E-state index contributed by atoms with van der Waals surface area (Å²) in [6.45, 7) is 5.65. The van der Waals surface area contributed by atoms with Gasteiger partial charge in [-0.3, -0.25) is 0 Å². The molecular formula is C18H34N3+. The van der Waals surface area contributed by atoms with Crippen LogP contribution in [0.3, 0.4) is 0 Å². The van der Waals surface area contributed by atoms with E-state index in [0.29, 0.717) is 0 Å². The predicted molar refractivity (Wildman–Crippen MR) is 91.2 cm³/mol. The lowest BCUT2D eigenvalue weighted by Crippen LogP contribution is -2.34. The molecule has 0 aromatic rings. The lowest BCUT2D eigenvalue weighted by Gasteiger charge is -2.18. The van der Waals surface area contributed by atoms with Crippen LogP contribution in [0.5, 0.6) is 0 Å². The highest BCUT2D eigenvalue weighted by Crippen LogP contribution is 2.17. The topological polar surface area (TPSA) is 18.3 Å². The second-order valence-corrected chi connectivity index (χ2v) is 6.59. The summed E-state index contributed by atoms with van der Waals surface area (Å²) in [6.07, 6.45) is 17.2. The van der Waals surface area contributed by atoms with Crippen LogP contribution < -0.4 is 5.32 Å². The molecular weight excluding hydrogens is 258 g/mol. The maximum absolute atomic E-state index is 3.54. The highest BCUT2D eigenvalue weighted by atomic mass is 15.1. The minimum atomic E-state index is 1.01. The summed E-state index contributed by atoms with van der Waals surface area (Å²) in [5.41, 5.74) is 1.59. The zero-order valence-electron chi connectivity index (χ0n) is 13.9. The van der Waals surface area contributed by atoms with Crippen molar-refractivity contribution >= 4 is 6.21 Å². The second-order valence-electron chi connectivity index (χ2n) is 6.59. The summed E-state index contributed by atoms with van der Waals surface area (Å²) >= 11 is 0. The fourth-order valence-electron chi connectivity index (χ4n) is 3.31.